The summed E-state index contributed by atoms with van der Waals surface area (Å²) >= 11 is 3.48. The molecular formula is C19H23BrN2O4S. The first-order valence-electron chi connectivity index (χ1n) is 8.18. The monoisotopic (exact) mass is 454 g/mol. The van der Waals surface area contributed by atoms with Gasteiger partial charge in [-0.25, -0.2) is 8.42 Å². The van der Waals surface area contributed by atoms with Crippen molar-refractivity contribution in [2.24, 2.45) is 0 Å². The van der Waals surface area contributed by atoms with E-state index in [0.29, 0.717) is 22.7 Å². The number of sulfonamides is 1. The van der Waals surface area contributed by atoms with Gasteiger partial charge in [0.15, 0.2) is 0 Å². The minimum atomic E-state index is -3.36. The Morgan fingerprint density at radius 3 is 2.19 bits per heavy atom. The second-order valence-electron chi connectivity index (χ2n) is 7.19. The van der Waals surface area contributed by atoms with Gasteiger partial charge in [-0.3, -0.25) is 9.52 Å². The minimum Gasteiger partial charge on any atom is -0.494 e. The van der Waals surface area contributed by atoms with E-state index in [-0.39, 0.29) is 11.3 Å². The standard InChI is InChI=1S/C19H23BrN2O4S/c1-19(2,3)15-10-13(20)11-16(17(15)26-4)21-18(23)12-6-8-14(9-7-12)22-27(5,24)25/h6-11,22H,1-5H3,(H,21,23). The number of carbonyl (C=O) groups excluding carboxylic acids is 1. The second kappa shape index (κ2) is 7.90. The molecule has 2 N–H and O–H groups in total. The van der Waals surface area contributed by atoms with E-state index in [2.05, 4.69) is 46.7 Å². The summed E-state index contributed by atoms with van der Waals surface area (Å²) in [4.78, 5) is 12.6. The van der Waals surface area contributed by atoms with Crippen LogP contribution in [0.3, 0.4) is 0 Å². The molecule has 6 nitrogen and oxygen atoms in total. The number of methoxy groups -OCH3 is 1. The van der Waals surface area contributed by atoms with E-state index in [1.807, 2.05) is 6.07 Å². The van der Waals surface area contributed by atoms with Crippen LogP contribution in [-0.2, 0) is 15.4 Å². The van der Waals surface area contributed by atoms with Crippen molar-refractivity contribution in [1.82, 2.24) is 0 Å². The summed E-state index contributed by atoms with van der Waals surface area (Å²) in [6, 6.07) is 9.94. The number of benzene rings is 2. The molecule has 0 saturated heterocycles. The molecular weight excluding hydrogens is 432 g/mol. The molecule has 27 heavy (non-hydrogen) atoms. The van der Waals surface area contributed by atoms with Crippen molar-refractivity contribution in [3.63, 3.8) is 0 Å². The molecule has 0 bridgehead atoms. The molecule has 2 rings (SSSR count). The Balaban J connectivity index is 2.31. The molecule has 0 aliphatic rings. The Morgan fingerprint density at radius 2 is 1.70 bits per heavy atom. The summed E-state index contributed by atoms with van der Waals surface area (Å²) < 4.78 is 31.3. The SMILES string of the molecule is COc1c(NC(=O)c2ccc(NS(C)(=O)=O)cc2)cc(Br)cc1C(C)(C)C. The first-order valence-corrected chi connectivity index (χ1v) is 10.9. The highest BCUT2D eigenvalue weighted by Crippen LogP contribution is 2.39. The second-order valence-corrected chi connectivity index (χ2v) is 9.85. The largest absolute Gasteiger partial charge is 0.494 e. The molecule has 0 aliphatic heterocycles. The summed E-state index contributed by atoms with van der Waals surface area (Å²) in [6.45, 7) is 6.20. The van der Waals surface area contributed by atoms with Crippen LogP contribution in [0, 0.1) is 0 Å². The Morgan fingerprint density at radius 1 is 1.11 bits per heavy atom. The Labute approximate surface area is 168 Å². The molecule has 0 saturated carbocycles. The summed E-state index contributed by atoms with van der Waals surface area (Å²) in [6.07, 6.45) is 1.07. The summed E-state index contributed by atoms with van der Waals surface area (Å²) in [5.41, 5.74) is 2.13. The minimum absolute atomic E-state index is 0.173. The van der Waals surface area contributed by atoms with Gasteiger partial charge in [-0.1, -0.05) is 36.7 Å². The van der Waals surface area contributed by atoms with E-state index in [0.717, 1.165) is 16.3 Å². The number of halogens is 1. The van der Waals surface area contributed by atoms with Crippen molar-refractivity contribution in [3.8, 4) is 5.75 Å². The van der Waals surface area contributed by atoms with Gasteiger partial charge in [-0.2, -0.15) is 0 Å². The van der Waals surface area contributed by atoms with Gasteiger partial charge in [0.2, 0.25) is 10.0 Å². The van der Waals surface area contributed by atoms with Gasteiger partial charge >= 0.3 is 0 Å². The lowest BCUT2D eigenvalue weighted by Gasteiger charge is -2.24. The number of rotatable bonds is 5. The van der Waals surface area contributed by atoms with Crippen LogP contribution < -0.4 is 14.8 Å². The van der Waals surface area contributed by atoms with E-state index >= 15 is 0 Å². The van der Waals surface area contributed by atoms with Crippen molar-refractivity contribution >= 4 is 43.2 Å². The third kappa shape index (κ3) is 5.71. The Hall–Kier alpha value is -2.06. The molecule has 0 atom stereocenters. The lowest BCUT2D eigenvalue weighted by atomic mass is 9.86. The van der Waals surface area contributed by atoms with Crippen molar-refractivity contribution in [1.29, 1.82) is 0 Å². The number of amides is 1. The topological polar surface area (TPSA) is 84.5 Å². The zero-order valence-electron chi connectivity index (χ0n) is 15.9. The number of hydrogen-bond donors (Lipinski definition) is 2. The fraction of sp³-hybridized carbons (Fsp3) is 0.316. The fourth-order valence-electron chi connectivity index (χ4n) is 2.56. The molecule has 1 amide bonds. The quantitative estimate of drug-likeness (QED) is 0.701. The maximum Gasteiger partial charge on any atom is 0.255 e. The van der Waals surface area contributed by atoms with Crippen molar-refractivity contribution in [2.45, 2.75) is 26.2 Å². The number of ether oxygens (including phenoxy) is 1. The van der Waals surface area contributed by atoms with E-state index < -0.39 is 10.0 Å². The highest BCUT2D eigenvalue weighted by Gasteiger charge is 2.23. The molecule has 0 radical (unpaired) electrons. The summed E-state index contributed by atoms with van der Waals surface area (Å²) in [5, 5.41) is 2.87. The smallest absolute Gasteiger partial charge is 0.255 e. The zero-order valence-corrected chi connectivity index (χ0v) is 18.3. The molecule has 0 unspecified atom stereocenters. The highest BCUT2D eigenvalue weighted by molar-refractivity contribution is 9.10. The number of hydrogen-bond acceptors (Lipinski definition) is 4. The van der Waals surface area contributed by atoms with Gasteiger partial charge < -0.3 is 10.1 Å². The molecule has 8 heteroatoms. The first kappa shape index (κ1) is 21.2. The molecule has 146 valence electrons. The highest BCUT2D eigenvalue weighted by atomic mass is 79.9. The molecule has 0 spiro atoms. The predicted molar refractivity (Wildman–Crippen MR) is 112 cm³/mol. The average Bonchev–Trinajstić information content (AvgIpc) is 2.52. The van der Waals surface area contributed by atoms with Crippen LogP contribution in [0.2, 0.25) is 0 Å². The number of anilines is 2. The molecule has 0 aromatic heterocycles. The van der Waals surface area contributed by atoms with Crippen LogP contribution in [0.25, 0.3) is 0 Å². The van der Waals surface area contributed by atoms with Crippen molar-refractivity contribution < 1.29 is 17.9 Å². The van der Waals surface area contributed by atoms with Crippen LogP contribution in [0.15, 0.2) is 40.9 Å². The van der Waals surface area contributed by atoms with Gasteiger partial charge in [-0.15, -0.1) is 0 Å². The lowest BCUT2D eigenvalue weighted by molar-refractivity contribution is 0.102. The Kier molecular flexibility index (Phi) is 6.21. The number of carbonyl (C=O) groups is 1. The van der Waals surface area contributed by atoms with Crippen molar-refractivity contribution in [3.05, 3.63) is 52.0 Å². The maximum atomic E-state index is 12.6. The third-order valence-electron chi connectivity index (χ3n) is 3.76. The van der Waals surface area contributed by atoms with E-state index in [9.17, 15) is 13.2 Å². The van der Waals surface area contributed by atoms with Crippen LogP contribution in [0.1, 0.15) is 36.7 Å². The molecule has 2 aromatic rings. The van der Waals surface area contributed by atoms with Crippen LogP contribution in [0.4, 0.5) is 11.4 Å². The average molecular weight is 455 g/mol. The Bertz CT molecular complexity index is 949. The van der Waals surface area contributed by atoms with Gasteiger partial charge in [0, 0.05) is 21.3 Å². The van der Waals surface area contributed by atoms with Gasteiger partial charge in [0.1, 0.15) is 5.75 Å². The van der Waals surface area contributed by atoms with Crippen LogP contribution >= 0.6 is 15.9 Å². The van der Waals surface area contributed by atoms with Crippen LogP contribution in [0.5, 0.6) is 5.75 Å². The van der Waals surface area contributed by atoms with E-state index in [1.54, 1.807) is 25.3 Å². The van der Waals surface area contributed by atoms with E-state index in [1.165, 1.54) is 12.1 Å². The first-order chi connectivity index (χ1) is 12.4. The maximum absolute atomic E-state index is 12.6. The predicted octanol–water partition coefficient (Wildman–Crippen LogP) is 4.38. The fourth-order valence-corrected chi connectivity index (χ4v) is 3.58. The molecule has 2 aromatic carbocycles. The summed E-state index contributed by atoms with van der Waals surface area (Å²) in [7, 11) is -1.79. The molecule has 0 heterocycles. The molecule has 0 fully saturated rings. The lowest BCUT2D eigenvalue weighted by Crippen LogP contribution is -2.17. The summed E-state index contributed by atoms with van der Waals surface area (Å²) in [5.74, 6) is 0.284. The van der Waals surface area contributed by atoms with Gasteiger partial charge in [0.25, 0.3) is 5.91 Å². The normalized spacial score (nSPS) is 11.8. The zero-order chi connectivity index (χ0) is 20.4. The third-order valence-corrected chi connectivity index (χ3v) is 4.83. The van der Waals surface area contributed by atoms with Gasteiger partial charge in [-0.05, 0) is 41.8 Å². The van der Waals surface area contributed by atoms with E-state index in [4.69, 9.17) is 4.74 Å². The van der Waals surface area contributed by atoms with Gasteiger partial charge in [0.05, 0.1) is 19.1 Å². The van der Waals surface area contributed by atoms with Crippen molar-refractivity contribution in [2.75, 3.05) is 23.4 Å². The number of nitrogens with one attached hydrogen (secondary N) is 2. The molecule has 0 aliphatic carbocycles. The van der Waals surface area contributed by atoms with Crippen LogP contribution in [-0.4, -0.2) is 27.7 Å².